The minimum Gasteiger partial charge on any atom is -0.496 e. The predicted molar refractivity (Wildman–Crippen MR) is 90.8 cm³/mol. The van der Waals surface area contributed by atoms with Gasteiger partial charge in [-0.15, -0.1) is 0 Å². The molecule has 1 fully saturated rings. The zero-order valence-electron chi connectivity index (χ0n) is 14.9. The van der Waals surface area contributed by atoms with E-state index in [1.165, 1.54) is 32.6 Å². The standard InChI is InChI=1S/C18H29FN2O2/c1-6-21-11-7-8-14(21)12-20(3)13(2)17-16(22-4)10-9-15(19)18(17)23-5/h9-10,13-14H,6-8,11-12H2,1-5H3. The van der Waals surface area contributed by atoms with Crippen molar-refractivity contribution in [1.82, 2.24) is 9.80 Å². The molecule has 0 N–H and O–H groups in total. The maximum Gasteiger partial charge on any atom is 0.165 e. The number of rotatable bonds is 7. The third-order valence-electron chi connectivity index (χ3n) is 5.01. The number of likely N-dealkylation sites (tertiary alicyclic amines) is 1. The Kier molecular flexibility index (Phi) is 6.25. The van der Waals surface area contributed by atoms with Crippen molar-refractivity contribution in [2.24, 2.45) is 0 Å². The van der Waals surface area contributed by atoms with Gasteiger partial charge in [0.25, 0.3) is 0 Å². The van der Waals surface area contributed by atoms with Crippen LogP contribution in [0.3, 0.4) is 0 Å². The Bertz CT molecular complexity index is 524. The highest BCUT2D eigenvalue weighted by atomic mass is 19.1. The lowest BCUT2D eigenvalue weighted by Gasteiger charge is -2.32. The van der Waals surface area contributed by atoms with E-state index in [1.54, 1.807) is 13.2 Å². The van der Waals surface area contributed by atoms with Crippen LogP contribution in [0, 0.1) is 5.82 Å². The van der Waals surface area contributed by atoms with Gasteiger partial charge in [0.05, 0.1) is 19.8 Å². The van der Waals surface area contributed by atoms with Crippen molar-refractivity contribution in [2.45, 2.75) is 38.8 Å². The lowest BCUT2D eigenvalue weighted by molar-refractivity contribution is 0.166. The summed E-state index contributed by atoms with van der Waals surface area (Å²) in [6, 6.07) is 3.64. The summed E-state index contributed by atoms with van der Waals surface area (Å²) in [6.07, 6.45) is 2.48. The first-order valence-electron chi connectivity index (χ1n) is 8.38. The van der Waals surface area contributed by atoms with Gasteiger partial charge in [0.1, 0.15) is 5.75 Å². The summed E-state index contributed by atoms with van der Waals surface area (Å²) in [7, 11) is 5.20. The zero-order chi connectivity index (χ0) is 17.0. The van der Waals surface area contributed by atoms with E-state index >= 15 is 0 Å². The third kappa shape index (κ3) is 3.78. The van der Waals surface area contributed by atoms with Crippen LogP contribution in [0.2, 0.25) is 0 Å². The van der Waals surface area contributed by atoms with Gasteiger partial charge in [-0.3, -0.25) is 9.80 Å². The lowest BCUT2D eigenvalue weighted by atomic mass is 10.0. The fourth-order valence-corrected chi connectivity index (χ4v) is 3.57. The summed E-state index contributed by atoms with van der Waals surface area (Å²) in [4.78, 5) is 4.78. The monoisotopic (exact) mass is 324 g/mol. The van der Waals surface area contributed by atoms with Crippen molar-refractivity contribution < 1.29 is 13.9 Å². The molecule has 23 heavy (non-hydrogen) atoms. The van der Waals surface area contributed by atoms with E-state index in [-0.39, 0.29) is 17.6 Å². The highest BCUT2D eigenvalue weighted by molar-refractivity contribution is 5.47. The van der Waals surface area contributed by atoms with Gasteiger partial charge in [0.2, 0.25) is 0 Å². The summed E-state index contributed by atoms with van der Waals surface area (Å²) in [5, 5.41) is 0. The summed E-state index contributed by atoms with van der Waals surface area (Å²) in [5.74, 6) is 0.600. The van der Waals surface area contributed by atoms with Crippen molar-refractivity contribution >= 4 is 0 Å². The van der Waals surface area contributed by atoms with E-state index < -0.39 is 0 Å². The van der Waals surface area contributed by atoms with Gasteiger partial charge in [0, 0.05) is 18.6 Å². The molecule has 2 atom stereocenters. The van der Waals surface area contributed by atoms with Crippen LogP contribution >= 0.6 is 0 Å². The molecule has 0 saturated carbocycles. The molecule has 1 aromatic rings. The molecule has 0 amide bonds. The van der Waals surface area contributed by atoms with Gasteiger partial charge in [-0.05, 0) is 52.0 Å². The normalized spacial score (nSPS) is 20.0. The SMILES string of the molecule is CCN1CCCC1CN(C)C(C)c1c(OC)ccc(F)c1OC. The molecule has 1 aliphatic heterocycles. The molecule has 1 aromatic carbocycles. The number of methoxy groups -OCH3 is 2. The molecule has 130 valence electrons. The third-order valence-corrected chi connectivity index (χ3v) is 5.01. The highest BCUT2D eigenvalue weighted by Gasteiger charge is 2.28. The van der Waals surface area contributed by atoms with E-state index in [9.17, 15) is 4.39 Å². The molecule has 0 spiro atoms. The van der Waals surface area contributed by atoms with Crippen molar-refractivity contribution in [3.8, 4) is 11.5 Å². The van der Waals surface area contributed by atoms with Gasteiger partial charge in [-0.2, -0.15) is 0 Å². The quantitative estimate of drug-likeness (QED) is 0.768. The Labute approximate surface area is 139 Å². The summed E-state index contributed by atoms with van der Waals surface area (Å²) in [6.45, 7) is 7.50. The molecule has 0 bridgehead atoms. The van der Waals surface area contributed by atoms with Crippen LogP contribution in [-0.4, -0.2) is 56.7 Å². The smallest absolute Gasteiger partial charge is 0.165 e. The molecule has 1 heterocycles. The fraction of sp³-hybridized carbons (Fsp3) is 0.667. The first kappa shape index (κ1) is 18.0. The molecule has 4 nitrogen and oxygen atoms in total. The highest BCUT2D eigenvalue weighted by Crippen LogP contribution is 2.38. The Hall–Kier alpha value is -1.33. The molecule has 1 aliphatic rings. The summed E-state index contributed by atoms with van der Waals surface area (Å²) >= 11 is 0. The molecule has 0 aliphatic carbocycles. The fourth-order valence-electron chi connectivity index (χ4n) is 3.57. The van der Waals surface area contributed by atoms with Crippen LogP contribution in [0.5, 0.6) is 11.5 Å². The van der Waals surface area contributed by atoms with Crippen LogP contribution in [0.15, 0.2) is 12.1 Å². The van der Waals surface area contributed by atoms with Crippen LogP contribution in [0.4, 0.5) is 4.39 Å². The van der Waals surface area contributed by atoms with Crippen molar-refractivity contribution in [3.63, 3.8) is 0 Å². The molecule has 1 saturated heterocycles. The summed E-state index contributed by atoms with van der Waals surface area (Å²) < 4.78 is 24.9. The number of hydrogen-bond acceptors (Lipinski definition) is 4. The van der Waals surface area contributed by atoms with E-state index in [1.807, 2.05) is 0 Å². The van der Waals surface area contributed by atoms with Crippen LogP contribution < -0.4 is 9.47 Å². The predicted octanol–water partition coefficient (Wildman–Crippen LogP) is 3.32. The number of nitrogens with zero attached hydrogens (tertiary/aromatic N) is 2. The second-order valence-electron chi connectivity index (χ2n) is 6.24. The summed E-state index contributed by atoms with van der Waals surface area (Å²) in [5.41, 5.74) is 0.776. The Morgan fingerprint density at radius 2 is 2.09 bits per heavy atom. The lowest BCUT2D eigenvalue weighted by Crippen LogP contribution is -2.39. The van der Waals surface area contributed by atoms with Crippen molar-refractivity contribution in [1.29, 1.82) is 0 Å². The largest absolute Gasteiger partial charge is 0.496 e. The number of ether oxygens (including phenoxy) is 2. The Morgan fingerprint density at radius 1 is 1.35 bits per heavy atom. The molecular formula is C18H29FN2O2. The topological polar surface area (TPSA) is 24.9 Å². The van der Waals surface area contributed by atoms with E-state index in [2.05, 4.69) is 30.7 Å². The number of benzene rings is 1. The second kappa shape index (κ2) is 7.97. The number of halogens is 1. The molecule has 2 rings (SSSR count). The van der Waals surface area contributed by atoms with Crippen molar-refractivity contribution in [2.75, 3.05) is 40.9 Å². The van der Waals surface area contributed by atoms with Gasteiger partial charge in [-0.25, -0.2) is 4.39 Å². The number of hydrogen-bond donors (Lipinski definition) is 0. The molecule has 5 heteroatoms. The maximum absolute atomic E-state index is 14.1. The van der Waals surface area contributed by atoms with E-state index in [0.29, 0.717) is 11.8 Å². The first-order valence-corrected chi connectivity index (χ1v) is 8.38. The molecular weight excluding hydrogens is 295 g/mol. The maximum atomic E-state index is 14.1. The Balaban J connectivity index is 2.21. The molecule has 0 radical (unpaired) electrons. The zero-order valence-corrected chi connectivity index (χ0v) is 14.9. The Morgan fingerprint density at radius 3 is 2.70 bits per heavy atom. The minimum atomic E-state index is -0.348. The average Bonchev–Trinajstić information content (AvgIpc) is 3.00. The average molecular weight is 324 g/mol. The second-order valence-corrected chi connectivity index (χ2v) is 6.24. The van der Waals surface area contributed by atoms with Crippen LogP contribution in [0.25, 0.3) is 0 Å². The van der Waals surface area contributed by atoms with Crippen LogP contribution in [0.1, 0.15) is 38.3 Å². The van der Waals surface area contributed by atoms with Gasteiger partial charge < -0.3 is 9.47 Å². The molecule has 2 unspecified atom stereocenters. The van der Waals surface area contributed by atoms with E-state index in [4.69, 9.17) is 9.47 Å². The first-order chi connectivity index (χ1) is 11.0. The van der Waals surface area contributed by atoms with Gasteiger partial charge >= 0.3 is 0 Å². The molecule has 0 aromatic heterocycles. The van der Waals surface area contributed by atoms with Gasteiger partial charge in [-0.1, -0.05) is 6.92 Å². The minimum absolute atomic E-state index is 0.00917. The van der Waals surface area contributed by atoms with E-state index in [0.717, 1.165) is 18.7 Å². The number of likely N-dealkylation sites (N-methyl/N-ethyl adjacent to an activating group) is 2. The van der Waals surface area contributed by atoms with Gasteiger partial charge in [0.15, 0.2) is 11.6 Å². The van der Waals surface area contributed by atoms with Crippen molar-refractivity contribution in [3.05, 3.63) is 23.5 Å². The van der Waals surface area contributed by atoms with Crippen LogP contribution in [-0.2, 0) is 0 Å².